The molecule has 1 heterocycles. The minimum atomic E-state index is -0.549. The number of nitrogens with zero attached hydrogens (tertiary/aromatic N) is 1. The molecule has 170 valence electrons. The second-order valence-electron chi connectivity index (χ2n) is 10.2. The van der Waals surface area contributed by atoms with Gasteiger partial charge in [-0.05, 0) is 92.7 Å². The molecule has 33 heavy (non-hydrogen) atoms. The summed E-state index contributed by atoms with van der Waals surface area (Å²) in [6, 6.07) is 23.4. The molecule has 4 aromatic rings. The molecule has 3 aromatic carbocycles. The van der Waals surface area contributed by atoms with E-state index >= 15 is 0 Å². The zero-order valence-corrected chi connectivity index (χ0v) is 20.1. The zero-order chi connectivity index (χ0) is 23.0. The summed E-state index contributed by atoms with van der Waals surface area (Å²) >= 11 is 6.10. The summed E-state index contributed by atoms with van der Waals surface area (Å²) in [6.07, 6.45) is 5.78. The highest BCUT2D eigenvalue weighted by molar-refractivity contribution is 6.31. The van der Waals surface area contributed by atoms with Crippen LogP contribution in [-0.4, -0.2) is 20.7 Å². The lowest BCUT2D eigenvalue weighted by Crippen LogP contribution is -2.25. The van der Waals surface area contributed by atoms with Crippen LogP contribution in [0.1, 0.15) is 57.4 Å². The van der Waals surface area contributed by atoms with Gasteiger partial charge in [0.25, 0.3) is 0 Å². The first-order chi connectivity index (χ1) is 15.8. The predicted octanol–water partition coefficient (Wildman–Crippen LogP) is 7.99. The van der Waals surface area contributed by atoms with Gasteiger partial charge in [-0.1, -0.05) is 60.1 Å². The van der Waals surface area contributed by atoms with E-state index in [1.165, 1.54) is 42.4 Å². The molecule has 1 saturated carbocycles. The summed E-state index contributed by atoms with van der Waals surface area (Å²) < 4.78 is 0. The maximum Gasteiger partial charge on any atom is 0.138 e. The Balaban J connectivity index is 1.26. The number of rotatable bonds is 5. The van der Waals surface area contributed by atoms with Gasteiger partial charge in [-0.15, -0.1) is 0 Å². The minimum absolute atomic E-state index is 0.549. The van der Waals surface area contributed by atoms with Crippen molar-refractivity contribution in [3.8, 4) is 22.5 Å². The molecule has 0 radical (unpaired) electrons. The lowest BCUT2D eigenvalue weighted by atomic mass is 9.75. The van der Waals surface area contributed by atoms with Crippen LogP contribution in [0, 0.1) is 5.92 Å². The molecule has 1 aliphatic carbocycles. The van der Waals surface area contributed by atoms with Crippen molar-refractivity contribution in [1.29, 1.82) is 0 Å². The van der Waals surface area contributed by atoms with Crippen LogP contribution in [0.5, 0.6) is 0 Å². The van der Waals surface area contributed by atoms with Crippen molar-refractivity contribution in [3.63, 3.8) is 0 Å². The van der Waals surface area contributed by atoms with Crippen LogP contribution in [0.4, 0.5) is 0 Å². The Morgan fingerprint density at radius 3 is 2.12 bits per heavy atom. The lowest BCUT2D eigenvalue weighted by molar-refractivity contribution is 0.0445. The number of aliphatic hydroxyl groups is 1. The van der Waals surface area contributed by atoms with Crippen molar-refractivity contribution in [2.45, 2.75) is 57.5 Å². The average molecular weight is 459 g/mol. The summed E-state index contributed by atoms with van der Waals surface area (Å²) in [5.41, 5.74) is 6.26. The van der Waals surface area contributed by atoms with E-state index in [0.29, 0.717) is 16.9 Å². The van der Waals surface area contributed by atoms with Crippen molar-refractivity contribution >= 4 is 22.6 Å². The largest absolute Gasteiger partial charge is 0.390 e. The van der Waals surface area contributed by atoms with E-state index in [0.717, 1.165) is 28.8 Å². The average Bonchev–Trinajstić information content (AvgIpc) is 3.22. The van der Waals surface area contributed by atoms with Crippen molar-refractivity contribution in [2.24, 2.45) is 5.92 Å². The van der Waals surface area contributed by atoms with Crippen LogP contribution < -0.4 is 0 Å². The fourth-order valence-corrected chi connectivity index (χ4v) is 5.47. The number of hydrogen-bond acceptors (Lipinski definition) is 2. The highest BCUT2D eigenvalue weighted by atomic mass is 35.5. The molecule has 0 aliphatic heterocycles. The molecular formula is C29H31ClN2O. The molecule has 0 spiro atoms. The first-order valence-corrected chi connectivity index (χ1v) is 12.3. The summed E-state index contributed by atoms with van der Waals surface area (Å²) in [6.45, 7) is 3.86. The third-order valence-corrected chi connectivity index (χ3v) is 7.19. The van der Waals surface area contributed by atoms with Crippen molar-refractivity contribution in [2.75, 3.05) is 0 Å². The van der Waals surface area contributed by atoms with Gasteiger partial charge in [0.2, 0.25) is 0 Å². The lowest BCUT2D eigenvalue weighted by Gasteiger charge is -2.32. The van der Waals surface area contributed by atoms with Crippen LogP contribution in [0.3, 0.4) is 0 Å². The fourth-order valence-electron chi connectivity index (χ4n) is 5.29. The third kappa shape index (κ3) is 5.15. The number of aromatic amines is 1. The molecule has 1 aromatic heterocycles. The van der Waals surface area contributed by atoms with E-state index in [2.05, 4.69) is 58.5 Å². The molecule has 1 aliphatic rings. The Morgan fingerprint density at radius 2 is 1.48 bits per heavy atom. The highest BCUT2D eigenvalue weighted by Crippen LogP contribution is 2.39. The number of aromatic nitrogens is 2. The van der Waals surface area contributed by atoms with Crippen molar-refractivity contribution < 1.29 is 5.11 Å². The number of fused-ring (bicyclic) bond motifs is 1. The first kappa shape index (κ1) is 22.2. The quantitative estimate of drug-likeness (QED) is 0.318. The number of nitrogens with one attached hydrogen (secondary N) is 1. The van der Waals surface area contributed by atoms with Gasteiger partial charge in [-0.25, -0.2) is 4.98 Å². The Kier molecular flexibility index (Phi) is 6.03. The predicted molar refractivity (Wildman–Crippen MR) is 138 cm³/mol. The molecule has 5 rings (SSSR count). The molecule has 0 bridgehead atoms. The third-order valence-electron chi connectivity index (χ3n) is 6.95. The molecule has 1 fully saturated rings. The van der Waals surface area contributed by atoms with E-state index in [1.807, 2.05) is 32.0 Å². The Bertz CT molecular complexity index is 1230. The number of benzene rings is 3. The molecule has 0 saturated heterocycles. The van der Waals surface area contributed by atoms with E-state index in [4.69, 9.17) is 11.6 Å². The van der Waals surface area contributed by atoms with Gasteiger partial charge in [0.15, 0.2) is 0 Å². The van der Waals surface area contributed by atoms with Crippen LogP contribution in [0.25, 0.3) is 33.5 Å². The maximum absolute atomic E-state index is 10.1. The topological polar surface area (TPSA) is 48.9 Å². The minimum Gasteiger partial charge on any atom is -0.390 e. The van der Waals surface area contributed by atoms with E-state index in [9.17, 15) is 5.11 Å². The SMILES string of the molecule is CC(C)(O)CC1CCC(c2ccc(-c3ccc(-c4nc5ccc(Cl)cc5[nH]4)cc3)cc2)CC1. The maximum atomic E-state index is 10.1. The number of H-pyrrole nitrogens is 1. The van der Waals surface area contributed by atoms with Crippen LogP contribution in [-0.2, 0) is 0 Å². The second-order valence-corrected chi connectivity index (χ2v) is 10.6. The van der Waals surface area contributed by atoms with Gasteiger partial charge in [-0.2, -0.15) is 0 Å². The van der Waals surface area contributed by atoms with Crippen LogP contribution in [0.2, 0.25) is 5.02 Å². The van der Waals surface area contributed by atoms with Crippen molar-refractivity contribution in [3.05, 3.63) is 77.3 Å². The first-order valence-electron chi connectivity index (χ1n) is 11.9. The Hall–Kier alpha value is -2.62. The van der Waals surface area contributed by atoms with Gasteiger partial charge in [0, 0.05) is 10.6 Å². The zero-order valence-electron chi connectivity index (χ0n) is 19.3. The van der Waals surface area contributed by atoms with Crippen LogP contribution >= 0.6 is 11.6 Å². The Labute approximate surface area is 200 Å². The van der Waals surface area contributed by atoms with Gasteiger partial charge >= 0.3 is 0 Å². The monoisotopic (exact) mass is 458 g/mol. The molecule has 0 atom stereocenters. The number of halogens is 1. The van der Waals surface area contributed by atoms with Gasteiger partial charge in [0.05, 0.1) is 16.6 Å². The summed E-state index contributed by atoms with van der Waals surface area (Å²) in [7, 11) is 0. The van der Waals surface area contributed by atoms with Crippen LogP contribution in [0.15, 0.2) is 66.7 Å². The molecule has 0 unspecified atom stereocenters. The molecule has 3 nitrogen and oxygen atoms in total. The van der Waals surface area contributed by atoms with E-state index in [1.54, 1.807) is 0 Å². The highest BCUT2D eigenvalue weighted by Gasteiger charge is 2.26. The fraction of sp³-hybridized carbons (Fsp3) is 0.345. The number of imidazole rings is 1. The van der Waals surface area contributed by atoms with E-state index in [-0.39, 0.29) is 0 Å². The summed E-state index contributed by atoms with van der Waals surface area (Å²) in [5.74, 6) is 2.15. The Morgan fingerprint density at radius 1 is 0.879 bits per heavy atom. The molecule has 4 heteroatoms. The van der Waals surface area contributed by atoms with E-state index < -0.39 is 5.60 Å². The smallest absolute Gasteiger partial charge is 0.138 e. The van der Waals surface area contributed by atoms with Gasteiger partial charge < -0.3 is 10.1 Å². The normalized spacial score (nSPS) is 19.2. The second kappa shape index (κ2) is 8.96. The molecular weight excluding hydrogens is 428 g/mol. The molecule has 0 amide bonds. The number of hydrogen-bond donors (Lipinski definition) is 2. The van der Waals surface area contributed by atoms with Gasteiger partial charge in [0.1, 0.15) is 5.82 Å². The standard InChI is InChI=1S/C29H31ClN2O/c1-29(2,33)18-19-3-5-20(6-4-19)21-7-9-22(10-8-21)23-11-13-24(14-12-23)28-31-26-16-15-25(30)17-27(26)32-28/h7-17,19-20,33H,3-6,18H2,1-2H3,(H,31,32). The van der Waals surface area contributed by atoms with Gasteiger partial charge in [-0.3, -0.25) is 0 Å². The summed E-state index contributed by atoms with van der Waals surface area (Å²) in [5, 5.41) is 10.8. The summed E-state index contributed by atoms with van der Waals surface area (Å²) in [4.78, 5) is 8.05. The van der Waals surface area contributed by atoms with Crippen molar-refractivity contribution in [1.82, 2.24) is 9.97 Å². The molecule has 2 N–H and O–H groups in total.